The Morgan fingerprint density at radius 3 is 2.19 bits per heavy atom. The number of nitrogens with two attached hydrogens (primary N) is 1. The Morgan fingerprint density at radius 1 is 1.04 bits per heavy atom. The van der Waals surface area contributed by atoms with Crippen molar-refractivity contribution in [3.8, 4) is 0 Å². The molecule has 0 saturated heterocycles. The number of aromatic nitrogens is 1. The zero-order valence-corrected chi connectivity index (χ0v) is 17.0. The lowest BCUT2D eigenvalue weighted by Gasteiger charge is -2.14. The van der Waals surface area contributed by atoms with Gasteiger partial charge in [0.25, 0.3) is 5.91 Å². The van der Waals surface area contributed by atoms with Crippen LogP contribution in [-0.2, 0) is 11.3 Å². The maximum atomic E-state index is 12.2. The first kappa shape index (κ1) is 24.8. The minimum Gasteiger partial charge on any atom is -0.351 e. The Balaban J connectivity index is 0.00000338. The van der Waals surface area contributed by atoms with E-state index in [2.05, 4.69) is 15.6 Å². The highest BCUT2D eigenvalue weighted by Gasteiger charge is 2.14. The number of nitrogens with zero attached hydrogens (tertiary/aromatic N) is 1. The summed E-state index contributed by atoms with van der Waals surface area (Å²) in [6, 6.07) is 10.0. The zero-order valence-electron chi connectivity index (χ0n) is 15.3. The molecule has 0 bridgehead atoms. The van der Waals surface area contributed by atoms with Crippen molar-refractivity contribution in [1.29, 1.82) is 0 Å². The lowest BCUT2D eigenvalue weighted by atomic mass is 10.0. The number of hydrogen-bond donors (Lipinski definition) is 3. The Hall–Kier alpha value is -2.15. The fourth-order valence-electron chi connectivity index (χ4n) is 2.35. The fourth-order valence-corrected chi connectivity index (χ4v) is 2.35. The summed E-state index contributed by atoms with van der Waals surface area (Å²) >= 11 is 0. The van der Waals surface area contributed by atoms with E-state index in [1.807, 2.05) is 26.0 Å². The second-order valence-corrected chi connectivity index (χ2v) is 6.34. The van der Waals surface area contributed by atoms with E-state index in [4.69, 9.17) is 5.73 Å². The predicted molar refractivity (Wildman–Crippen MR) is 112 cm³/mol. The van der Waals surface area contributed by atoms with E-state index in [9.17, 15) is 9.59 Å². The first-order valence-electron chi connectivity index (χ1n) is 8.29. The van der Waals surface area contributed by atoms with Crippen LogP contribution in [0.3, 0.4) is 0 Å². The van der Waals surface area contributed by atoms with Crippen LogP contribution >= 0.6 is 24.8 Å². The van der Waals surface area contributed by atoms with Gasteiger partial charge >= 0.3 is 0 Å². The third-order valence-electron chi connectivity index (χ3n) is 3.68. The van der Waals surface area contributed by atoms with Crippen molar-refractivity contribution in [3.63, 3.8) is 0 Å². The summed E-state index contributed by atoms with van der Waals surface area (Å²) in [6.45, 7) is 4.45. The molecule has 27 heavy (non-hydrogen) atoms. The highest BCUT2D eigenvalue weighted by atomic mass is 35.5. The molecule has 4 N–H and O–H groups in total. The molecule has 6 nitrogen and oxygen atoms in total. The Bertz CT molecular complexity index is 709. The van der Waals surface area contributed by atoms with Gasteiger partial charge in [-0.3, -0.25) is 14.6 Å². The third-order valence-corrected chi connectivity index (χ3v) is 3.68. The highest BCUT2D eigenvalue weighted by molar-refractivity contribution is 6.04. The number of carbonyl (C=O) groups is 2. The number of carbonyl (C=O) groups excluding carboxylic acids is 2. The van der Waals surface area contributed by atoms with Crippen molar-refractivity contribution < 1.29 is 9.59 Å². The van der Waals surface area contributed by atoms with Gasteiger partial charge in [-0.2, -0.15) is 0 Å². The van der Waals surface area contributed by atoms with Gasteiger partial charge in [0.2, 0.25) is 5.91 Å². The number of anilines is 1. The van der Waals surface area contributed by atoms with E-state index in [-0.39, 0.29) is 36.6 Å². The summed E-state index contributed by atoms with van der Waals surface area (Å²) in [7, 11) is 0. The molecule has 0 radical (unpaired) electrons. The molecule has 0 aliphatic rings. The van der Waals surface area contributed by atoms with Gasteiger partial charge in [0, 0.05) is 30.2 Å². The minimum absolute atomic E-state index is 0. The molecule has 8 heteroatoms. The lowest BCUT2D eigenvalue weighted by Crippen LogP contribution is -2.41. The standard InChI is InChI=1S/C19H24N4O2.2ClH/c1-13(2)11-17(20)19(25)22-12-14-3-5-15(6-4-14)18(24)23-16-7-9-21-10-8-16;;/h3-10,13,17H,11-12,20H2,1-2H3,(H,22,25)(H,21,23,24);2*1H/t17-;;/m0../s1. The molecule has 0 unspecified atom stereocenters. The van der Waals surface area contributed by atoms with Gasteiger partial charge in [-0.1, -0.05) is 26.0 Å². The average molecular weight is 413 g/mol. The average Bonchev–Trinajstić information content (AvgIpc) is 2.60. The lowest BCUT2D eigenvalue weighted by molar-refractivity contribution is -0.122. The second-order valence-electron chi connectivity index (χ2n) is 6.34. The van der Waals surface area contributed by atoms with Gasteiger partial charge in [0.05, 0.1) is 6.04 Å². The van der Waals surface area contributed by atoms with Gasteiger partial charge in [-0.25, -0.2) is 0 Å². The number of hydrogen-bond acceptors (Lipinski definition) is 4. The number of amides is 2. The Kier molecular flexibility index (Phi) is 11.3. The van der Waals surface area contributed by atoms with Crippen LogP contribution in [0.4, 0.5) is 5.69 Å². The van der Waals surface area contributed by atoms with E-state index in [1.165, 1.54) is 0 Å². The van der Waals surface area contributed by atoms with Crippen molar-refractivity contribution >= 4 is 42.3 Å². The monoisotopic (exact) mass is 412 g/mol. The highest BCUT2D eigenvalue weighted by Crippen LogP contribution is 2.09. The molecule has 0 aliphatic carbocycles. The molecule has 1 heterocycles. The van der Waals surface area contributed by atoms with Crippen LogP contribution in [0.1, 0.15) is 36.2 Å². The molecule has 2 aromatic rings. The first-order chi connectivity index (χ1) is 12.0. The van der Waals surface area contributed by atoms with Crippen LogP contribution in [0.5, 0.6) is 0 Å². The van der Waals surface area contributed by atoms with E-state index >= 15 is 0 Å². The number of nitrogens with one attached hydrogen (secondary N) is 2. The van der Waals surface area contributed by atoms with E-state index < -0.39 is 6.04 Å². The molecule has 0 fully saturated rings. The maximum absolute atomic E-state index is 12.2. The first-order valence-corrected chi connectivity index (χ1v) is 8.29. The normalized spacial score (nSPS) is 11.0. The smallest absolute Gasteiger partial charge is 0.255 e. The summed E-state index contributed by atoms with van der Waals surface area (Å²) in [5.74, 6) is 0.0212. The summed E-state index contributed by atoms with van der Waals surface area (Å²) < 4.78 is 0. The molecule has 2 rings (SSSR count). The van der Waals surface area contributed by atoms with Gasteiger partial charge in [-0.05, 0) is 42.2 Å². The number of halogens is 2. The maximum Gasteiger partial charge on any atom is 0.255 e. The number of benzene rings is 1. The van der Waals surface area contributed by atoms with Crippen LogP contribution in [0, 0.1) is 5.92 Å². The van der Waals surface area contributed by atoms with Crippen LogP contribution < -0.4 is 16.4 Å². The van der Waals surface area contributed by atoms with Crippen LogP contribution in [-0.4, -0.2) is 22.8 Å². The SMILES string of the molecule is CC(C)C[C@H](N)C(=O)NCc1ccc(C(=O)Nc2ccncc2)cc1.Cl.Cl. The van der Waals surface area contributed by atoms with Gasteiger partial charge in [-0.15, -0.1) is 24.8 Å². The van der Waals surface area contributed by atoms with E-state index in [0.29, 0.717) is 30.1 Å². The number of pyridine rings is 1. The number of rotatable bonds is 7. The quantitative estimate of drug-likeness (QED) is 0.650. The Labute approximate surface area is 172 Å². The van der Waals surface area contributed by atoms with Crippen LogP contribution in [0.2, 0.25) is 0 Å². The zero-order chi connectivity index (χ0) is 18.2. The predicted octanol–water partition coefficient (Wildman–Crippen LogP) is 3.17. The summed E-state index contributed by atoms with van der Waals surface area (Å²) in [4.78, 5) is 28.0. The summed E-state index contributed by atoms with van der Waals surface area (Å²) in [6.07, 6.45) is 3.89. The van der Waals surface area contributed by atoms with E-state index in [1.54, 1.807) is 36.7 Å². The molecule has 148 valence electrons. The second kappa shape index (κ2) is 12.3. The molecule has 1 atom stereocenters. The molecular weight excluding hydrogens is 387 g/mol. The molecule has 1 aromatic heterocycles. The van der Waals surface area contributed by atoms with Crippen molar-refractivity contribution in [2.75, 3.05) is 5.32 Å². The van der Waals surface area contributed by atoms with Crippen LogP contribution in [0.15, 0.2) is 48.8 Å². The molecule has 1 aromatic carbocycles. The van der Waals surface area contributed by atoms with Crippen molar-refractivity contribution in [2.45, 2.75) is 32.9 Å². The van der Waals surface area contributed by atoms with Gasteiger partial charge < -0.3 is 16.4 Å². The molecule has 0 saturated carbocycles. The van der Waals surface area contributed by atoms with Gasteiger partial charge in [0.1, 0.15) is 0 Å². The topological polar surface area (TPSA) is 97.1 Å². The molecule has 2 amide bonds. The molecule has 0 spiro atoms. The Morgan fingerprint density at radius 2 is 1.63 bits per heavy atom. The molecular formula is C19H26Cl2N4O2. The molecule has 0 aliphatic heterocycles. The van der Waals surface area contributed by atoms with Gasteiger partial charge in [0.15, 0.2) is 0 Å². The van der Waals surface area contributed by atoms with Crippen molar-refractivity contribution in [2.24, 2.45) is 11.7 Å². The van der Waals surface area contributed by atoms with Crippen LogP contribution in [0.25, 0.3) is 0 Å². The minimum atomic E-state index is -0.495. The van der Waals surface area contributed by atoms with Crippen molar-refractivity contribution in [1.82, 2.24) is 10.3 Å². The largest absolute Gasteiger partial charge is 0.351 e. The van der Waals surface area contributed by atoms with Crippen molar-refractivity contribution in [3.05, 3.63) is 59.9 Å². The van der Waals surface area contributed by atoms with E-state index in [0.717, 1.165) is 5.56 Å². The summed E-state index contributed by atoms with van der Waals surface area (Å²) in [5, 5.41) is 5.62. The fraction of sp³-hybridized carbons (Fsp3) is 0.316. The summed E-state index contributed by atoms with van der Waals surface area (Å²) in [5.41, 5.74) is 7.99. The third kappa shape index (κ3) is 8.39.